The van der Waals surface area contributed by atoms with Crippen LogP contribution in [0.1, 0.15) is 113 Å². The summed E-state index contributed by atoms with van der Waals surface area (Å²) < 4.78 is 0.894. The lowest BCUT2D eigenvalue weighted by atomic mass is 9.81. The van der Waals surface area contributed by atoms with Gasteiger partial charge >= 0.3 is 29.8 Å². The Balaban J connectivity index is 1.49. The van der Waals surface area contributed by atoms with Crippen molar-refractivity contribution < 1.29 is 82.8 Å². The van der Waals surface area contributed by atoms with Crippen LogP contribution < -0.4 is 26.6 Å². The van der Waals surface area contributed by atoms with Gasteiger partial charge in [-0.15, -0.1) is 5.06 Å². The Morgan fingerprint density at radius 1 is 0.646 bits per heavy atom. The first-order chi connectivity index (χ1) is 30.7. The van der Waals surface area contributed by atoms with Crippen LogP contribution in [-0.2, 0) is 57.6 Å². The summed E-state index contributed by atoms with van der Waals surface area (Å²) in [4.78, 5) is 152. The number of hydrogen-bond donors (Lipinski definition) is 9. The number of aliphatic carboxylic acids is 4. The lowest BCUT2D eigenvalue weighted by Gasteiger charge is -2.28. The molecule has 1 saturated carbocycles. The van der Waals surface area contributed by atoms with Gasteiger partial charge in [-0.05, 0) is 79.3 Å². The number of hydroxylamine groups is 2. The zero-order valence-corrected chi connectivity index (χ0v) is 37.4. The number of carbonyl (C=O) groups is 12. The summed E-state index contributed by atoms with van der Waals surface area (Å²) in [6.07, 6.45) is -2.58. The summed E-state index contributed by atoms with van der Waals surface area (Å²) in [7, 11) is 0. The molecule has 1 aliphatic heterocycles. The molecule has 1 saturated heterocycles. The van der Waals surface area contributed by atoms with Crippen LogP contribution in [0.2, 0.25) is 0 Å². The van der Waals surface area contributed by atoms with Crippen molar-refractivity contribution in [1.82, 2.24) is 31.6 Å². The third-order valence-corrected chi connectivity index (χ3v) is 11.1. The van der Waals surface area contributed by atoms with E-state index in [9.17, 15) is 78.0 Å². The van der Waals surface area contributed by atoms with Crippen LogP contribution in [0.4, 0.5) is 0 Å². The molecular weight excluding hydrogens is 975 g/mol. The van der Waals surface area contributed by atoms with Crippen molar-refractivity contribution in [1.29, 1.82) is 0 Å². The maximum absolute atomic E-state index is 13.1. The fraction of sp³-hybridized carbons (Fsp3) is 0.561. The summed E-state index contributed by atoms with van der Waals surface area (Å²) in [6, 6.07) is 1.53. The number of imide groups is 1. The second-order valence-corrected chi connectivity index (χ2v) is 17.0. The maximum Gasteiger partial charge on any atom is 0.336 e. The Hall–Kier alpha value is -6.21. The minimum absolute atomic E-state index is 0.00312. The number of benzene rings is 1. The van der Waals surface area contributed by atoms with Crippen LogP contribution in [0.15, 0.2) is 24.3 Å². The number of carboxylic acid groups (broad SMARTS) is 4. The minimum atomic E-state index is -1.45. The zero-order valence-electron chi connectivity index (χ0n) is 35.2. The number of amides is 7. The number of nitrogens with zero attached hydrogens (tertiary/aromatic N) is 1. The number of rotatable bonds is 27. The van der Waals surface area contributed by atoms with Crippen LogP contribution in [0.5, 0.6) is 0 Å². The normalized spacial score (nSPS) is 17.6. The molecule has 24 heteroatoms. The van der Waals surface area contributed by atoms with Gasteiger partial charge < -0.3 is 51.8 Å². The number of carbonyl (C=O) groups excluding carboxylic acids is 8. The van der Waals surface area contributed by atoms with E-state index < -0.39 is 140 Å². The fourth-order valence-electron chi connectivity index (χ4n) is 7.23. The summed E-state index contributed by atoms with van der Waals surface area (Å²) in [5, 5.41) is 50.7. The molecule has 3 rings (SSSR count). The quantitative estimate of drug-likeness (QED) is 0.0331. The van der Waals surface area contributed by atoms with Gasteiger partial charge in [0.2, 0.25) is 23.6 Å². The highest BCUT2D eigenvalue weighted by molar-refractivity contribution is 14.1. The topological polar surface area (TPSA) is 358 Å². The second-order valence-electron chi connectivity index (χ2n) is 15.8. The molecule has 2 fully saturated rings. The molecule has 0 aromatic heterocycles. The van der Waals surface area contributed by atoms with Crippen molar-refractivity contribution >= 4 is 93.8 Å². The third kappa shape index (κ3) is 19.6. The molecule has 9 N–H and O–H groups in total. The van der Waals surface area contributed by atoms with Gasteiger partial charge in [-0.3, -0.25) is 47.9 Å². The van der Waals surface area contributed by atoms with E-state index in [0.29, 0.717) is 36.4 Å². The van der Waals surface area contributed by atoms with E-state index in [4.69, 9.17) is 4.84 Å². The molecule has 1 aromatic carbocycles. The van der Waals surface area contributed by atoms with Crippen molar-refractivity contribution in [3.8, 4) is 0 Å². The highest BCUT2D eigenvalue weighted by atomic mass is 127. The summed E-state index contributed by atoms with van der Waals surface area (Å²) in [5.74, 6) is -12.8. The van der Waals surface area contributed by atoms with E-state index in [0.717, 1.165) is 3.57 Å². The van der Waals surface area contributed by atoms with Crippen molar-refractivity contribution in [3.63, 3.8) is 0 Å². The molecule has 0 bridgehead atoms. The van der Waals surface area contributed by atoms with Gasteiger partial charge in [0, 0.05) is 71.8 Å². The number of unbranched alkanes of at least 4 members (excludes halogenated alkanes) is 2. The molecule has 65 heavy (non-hydrogen) atoms. The van der Waals surface area contributed by atoms with Crippen molar-refractivity contribution in [3.05, 3.63) is 33.4 Å². The van der Waals surface area contributed by atoms with E-state index >= 15 is 0 Å². The molecule has 0 spiro atoms. The van der Waals surface area contributed by atoms with E-state index in [2.05, 4.69) is 49.2 Å². The summed E-state index contributed by atoms with van der Waals surface area (Å²) in [5.41, 5.74) is 0.495. The van der Waals surface area contributed by atoms with Crippen LogP contribution in [0, 0.1) is 15.4 Å². The van der Waals surface area contributed by atoms with E-state index in [-0.39, 0.29) is 50.9 Å². The Bertz CT molecular complexity index is 1960. The molecule has 7 amide bonds. The standard InChI is InChI=1S/C41H53IN6O17/c42-25-6-4-5-24(15-25)38(60)43-14-3-1-2-7-29(40(62)63)47-32(51)17-27(20-36(56)57)45-30(49)16-26(19-35(54)55)44-31(50)18-28(21-37(58)59)46-39(61)22-8-10-23(11-9-22)41(64)65-48-33(52)12-13-34(48)53/h4-6,15,22-23,26-29H,1-3,7-14,16-21H2,(H,43,60)(H,44,50)(H,45,49)(H,46,61)(H,47,51)(H,54,55)(H,56,57)(H,58,59)(H,62,63)/t22?,23?,26-,27-,28-,29-/m1/s1. The number of carboxylic acids is 4. The fourth-order valence-corrected chi connectivity index (χ4v) is 7.77. The van der Waals surface area contributed by atoms with Crippen LogP contribution in [0.3, 0.4) is 0 Å². The highest BCUT2D eigenvalue weighted by Gasteiger charge is 2.38. The van der Waals surface area contributed by atoms with Crippen molar-refractivity contribution in [2.45, 2.75) is 127 Å². The van der Waals surface area contributed by atoms with Crippen molar-refractivity contribution in [2.75, 3.05) is 6.54 Å². The van der Waals surface area contributed by atoms with Gasteiger partial charge in [0.15, 0.2) is 0 Å². The zero-order chi connectivity index (χ0) is 48.2. The predicted molar refractivity (Wildman–Crippen MR) is 229 cm³/mol. The molecule has 2 aliphatic rings. The first-order valence-corrected chi connectivity index (χ1v) is 22.0. The number of nitrogens with one attached hydrogen (secondary N) is 5. The monoisotopic (exact) mass is 1030 g/mol. The van der Waals surface area contributed by atoms with E-state index in [1.54, 1.807) is 18.2 Å². The molecule has 1 aliphatic carbocycles. The van der Waals surface area contributed by atoms with E-state index in [1.807, 2.05) is 6.07 Å². The SMILES string of the molecule is O=C(O)C[C@@H](CC(=O)N[C@@H](CC(=O)O)CC(=O)N[C@H](CCCCCNC(=O)c1cccc(I)c1)C(=O)O)NC(=O)C[C@H](CC(=O)O)NC(=O)C1CCC(C(=O)ON2C(=O)CCC2=O)CC1. The van der Waals surface area contributed by atoms with Crippen LogP contribution in [0.25, 0.3) is 0 Å². The lowest BCUT2D eigenvalue weighted by molar-refractivity contribution is -0.201. The Kier molecular flexibility index (Phi) is 21.7. The second kappa shape index (κ2) is 26.5. The molecule has 0 radical (unpaired) electrons. The number of halogens is 1. The Morgan fingerprint density at radius 3 is 1.63 bits per heavy atom. The molecule has 0 unspecified atom stereocenters. The van der Waals surface area contributed by atoms with Crippen LogP contribution >= 0.6 is 22.6 Å². The lowest BCUT2D eigenvalue weighted by Crippen LogP contribution is -2.48. The largest absolute Gasteiger partial charge is 0.481 e. The molecule has 356 valence electrons. The highest BCUT2D eigenvalue weighted by Crippen LogP contribution is 2.31. The average molecular weight is 1030 g/mol. The molecule has 23 nitrogen and oxygen atoms in total. The molecule has 4 atom stereocenters. The van der Waals surface area contributed by atoms with Gasteiger partial charge in [-0.2, -0.15) is 0 Å². The maximum atomic E-state index is 13.1. The third-order valence-electron chi connectivity index (χ3n) is 10.4. The van der Waals surface area contributed by atoms with Gasteiger partial charge in [-0.25, -0.2) is 9.59 Å². The van der Waals surface area contributed by atoms with Gasteiger partial charge in [-0.1, -0.05) is 18.9 Å². The van der Waals surface area contributed by atoms with E-state index in [1.165, 1.54) is 0 Å². The first kappa shape index (κ1) is 53.1. The molecular formula is C41H53IN6O17. The average Bonchev–Trinajstić information content (AvgIpc) is 3.52. The van der Waals surface area contributed by atoms with Crippen LogP contribution in [-0.4, -0.2) is 127 Å². The first-order valence-electron chi connectivity index (χ1n) is 20.9. The summed E-state index contributed by atoms with van der Waals surface area (Å²) >= 11 is 2.09. The minimum Gasteiger partial charge on any atom is -0.481 e. The van der Waals surface area contributed by atoms with Gasteiger partial charge in [0.1, 0.15) is 6.04 Å². The summed E-state index contributed by atoms with van der Waals surface area (Å²) in [6.45, 7) is 0.328. The Morgan fingerprint density at radius 2 is 1.14 bits per heavy atom. The Labute approximate surface area is 385 Å². The smallest absolute Gasteiger partial charge is 0.336 e. The van der Waals surface area contributed by atoms with Gasteiger partial charge in [0.25, 0.3) is 17.7 Å². The number of hydrogen-bond acceptors (Lipinski definition) is 13. The predicted octanol–water partition coefficient (Wildman–Crippen LogP) is 0.613. The molecule has 1 heterocycles. The van der Waals surface area contributed by atoms with Crippen molar-refractivity contribution in [2.24, 2.45) is 11.8 Å². The van der Waals surface area contributed by atoms with Gasteiger partial charge in [0.05, 0.1) is 25.2 Å². The molecule has 1 aromatic rings.